The largest absolute Gasteiger partial charge is 0.478 e. The van der Waals surface area contributed by atoms with Crippen LogP contribution < -0.4 is 5.32 Å². The van der Waals surface area contributed by atoms with Crippen molar-refractivity contribution in [3.63, 3.8) is 0 Å². The summed E-state index contributed by atoms with van der Waals surface area (Å²) in [5.74, 6) is -0.693. The Balaban J connectivity index is 2.69. The van der Waals surface area contributed by atoms with Gasteiger partial charge in [-0.15, -0.1) is 0 Å². The molecule has 0 radical (unpaired) electrons. The fraction of sp³-hybridized carbons (Fsp3) is 0.643. The topological polar surface area (TPSA) is 49.3 Å². The molecule has 1 rings (SSSR count). The highest BCUT2D eigenvalue weighted by Gasteiger charge is 2.24. The number of carboxylic acid groups (broad SMARTS) is 1. The number of rotatable bonds is 5. The monoisotopic (exact) mass is 237 g/mol. The second-order valence-electron chi connectivity index (χ2n) is 4.91. The zero-order valence-corrected chi connectivity index (χ0v) is 11.2. The van der Waals surface area contributed by atoms with E-state index in [0.29, 0.717) is 11.6 Å². The summed E-state index contributed by atoms with van der Waals surface area (Å²) in [5, 5.41) is 12.6. The van der Waals surface area contributed by atoms with Gasteiger partial charge in [-0.2, -0.15) is 0 Å². The Hall–Kier alpha value is -1.09. The van der Waals surface area contributed by atoms with E-state index in [1.54, 1.807) is 0 Å². The number of carbonyl (C=O) groups is 1. The second kappa shape index (κ2) is 6.01. The number of allylic oxidation sites excluding steroid dienone is 1. The summed E-state index contributed by atoms with van der Waals surface area (Å²) in [6.45, 7) is 9.17. The fourth-order valence-electron chi connectivity index (χ4n) is 2.33. The lowest BCUT2D eigenvalue weighted by Gasteiger charge is -2.19. The van der Waals surface area contributed by atoms with Crippen LogP contribution in [0.25, 0.3) is 0 Å². The highest BCUT2D eigenvalue weighted by atomic mass is 16.4. The van der Waals surface area contributed by atoms with Gasteiger partial charge in [-0.25, -0.2) is 4.79 Å². The van der Waals surface area contributed by atoms with Crippen molar-refractivity contribution < 1.29 is 9.90 Å². The fourth-order valence-corrected chi connectivity index (χ4v) is 2.33. The Morgan fingerprint density at radius 3 is 2.65 bits per heavy atom. The van der Waals surface area contributed by atoms with E-state index in [-0.39, 0.29) is 5.92 Å². The van der Waals surface area contributed by atoms with Crippen LogP contribution in [0.2, 0.25) is 0 Å². The van der Waals surface area contributed by atoms with Gasteiger partial charge in [0.05, 0.1) is 0 Å². The lowest BCUT2D eigenvalue weighted by atomic mass is 9.90. The van der Waals surface area contributed by atoms with Crippen LogP contribution in [-0.2, 0) is 4.79 Å². The first-order valence-electron chi connectivity index (χ1n) is 6.30. The zero-order valence-electron chi connectivity index (χ0n) is 11.2. The van der Waals surface area contributed by atoms with Gasteiger partial charge in [0.25, 0.3) is 0 Å². The van der Waals surface area contributed by atoms with Gasteiger partial charge in [0.1, 0.15) is 0 Å². The lowest BCUT2D eigenvalue weighted by Crippen LogP contribution is -2.28. The van der Waals surface area contributed by atoms with Gasteiger partial charge in [0.2, 0.25) is 0 Å². The molecule has 0 aliphatic carbocycles. The Morgan fingerprint density at radius 1 is 1.59 bits per heavy atom. The van der Waals surface area contributed by atoms with E-state index in [0.717, 1.165) is 19.4 Å². The van der Waals surface area contributed by atoms with Crippen molar-refractivity contribution in [2.45, 2.75) is 46.6 Å². The molecule has 1 heterocycles. The van der Waals surface area contributed by atoms with Crippen molar-refractivity contribution in [2.24, 2.45) is 5.92 Å². The molecule has 0 saturated heterocycles. The molecule has 0 fully saturated rings. The lowest BCUT2D eigenvalue weighted by molar-refractivity contribution is -0.133. The summed E-state index contributed by atoms with van der Waals surface area (Å²) in [6, 6.07) is 0.338. The molecule has 2 atom stereocenters. The van der Waals surface area contributed by atoms with Crippen molar-refractivity contribution in [3.05, 3.63) is 22.8 Å². The molecule has 17 heavy (non-hydrogen) atoms. The third-order valence-electron chi connectivity index (χ3n) is 3.60. The van der Waals surface area contributed by atoms with Gasteiger partial charge in [-0.05, 0) is 32.6 Å². The van der Waals surface area contributed by atoms with Crippen LogP contribution in [0.3, 0.4) is 0 Å². The van der Waals surface area contributed by atoms with Crippen LogP contribution >= 0.6 is 0 Å². The molecule has 1 aliphatic rings. The van der Waals surface area contributed by atoms with Gasteiger partial charge < -0.3 is 10.4 Å². The van der Waals surface area contributed by atoms with E-state index in [9.17, 15) is 4.79 Å². The van der Waals surface area contributed by atoms with E-state index in [4.69, 9.17) is 5.11 Å². The smallest absolute Gasteiger partial charge is 0.331 e. The van der Waals surface area contributed by atoms with E-state index < -0.39 is 5.97 Å². The Bertz CT molecular complexity index is 355. The van der Waals surface area contributed by atoms with Crippen molar-refractivity contribution in [1.82, 2.24) is 5.32 Å². The van der Waals surface area contributed by atoms with Crippen LogP contribution in [0, 0.1) is 5.92 Å². The quantitative estimate of drug-likeness (QED) is 0.571. The van der Waals surface area contributed by atoms with Crippen molar-refractivity contribution in [2.75, 3.05) is 6.54 Å². The molecule has 0 saturated carbocycles. The molecule has 0 bridgehead atoms. The molecule has 1 aliphatic heterocycles. The van der Waals surface area contributed by atoms with Gasteiger partial charge >= 0.3 is 5.97 Å². The molecular weight excluding hydrogens is 214 g/mol. The Morgan fingerprint density at radius 2 is 2.24 bits per heavy atom. The number of carboxylic acids is 1. The standard InChI is InChI=1S/C14H23NO2/c1-5-6-12(14(16)17)9(2)7-13-11(4)10(3)8-15-13/h6,9,13,15H,5,7-8H2,1-4H3,(H,16,17)/b12-6+. The van der Waals surface area contributed by atoms with Crippen molar-refractivity contribution in [1.29, 1.82) is 0 Å². The van der Waals surface area contributed by atoms with Crippen LogP contribution in [-0.4, -0.2) is 23.7 Å². The molecule has 2 N–H and O–H groups in total. The van der Waals surface area contributed by atoms with Gasteiger partial charge in [-0.1, -0.05) is 31.1 Å². The SMILES string of the molecule is CC/C=C(/C(=O)O)C(C)CC1NCC(C)=C1C. The molecule has 0 aromatic heterocycles. The predicted octanol–water partition coefficient (Wildman–Crippen LogP) is 2.74. The highest BCUT2D eigenvalue weighted by molar-refractivity contribution is 5.87. The highest BCUT2D eigenvalue weighted by Crippen LogP contribution is 2.25. The summed E-state index contributed by atoms with van der Waals surface area (Å²) in [4.78, 5) is 11.1. The average Bonchev–Trinajstić information content (AvgIpc) is 2.57. The van der Waals surface area contributed by atoms with E-state index in [1.165, 1.54) is 11.1 Å². The molecular formula is C14H23NO2. The number of nitrogens with one attached hydrogen (secondary N) is 1. The first kappa shape index (κ1) is 14.0. The molecule has 96 valence electrons. The summed E-state index contributed by atoms with van der Waals surface area (Å²) < 4.78 is 0. The van der Waals surface area contributed by atoms with Crippen LogP contribution in [0.5, 0.6) is 0 Å². The Labute approximate surface area is 104 Å². The Kier molecular flexibility index (Phi) is 4.94. The van der Waals surface area contributed by atoms with Crippen LogP contribution in [0.1, 0.15) is 40.5 Å². The summed E-state index contributed by atoms with van der Waals surface area (Å²) in [7, 11) is 0. The number of hydrogen-bond donors (Lipinski definition) is 2. The van der Waals surface area contributed by atoms with E-state index in [2.05, 4.69) is 19.2 Å². The maximum atomic E-state index is 11.1. The maximum absolute atomic E-state index is 11.1. The van der Waals surface area contributed by atoms with Gasteiger partial charge in [0.15, 0.2) is 0 Å². The normalized spacial score (nSPS) is 23.1. The second-order valence-corrected chi connectivity index (χ2v) is 4.91. The third-order valence-corrected chi connectivity index (χ3v) is 3.60. The summed E-state index contributed by atoms with van der Waals surface area (Å²) >= 11 is 0. The minimum atomic E-state index is -0.782. The van der Waals surface area contributed by atoms with Gasteiger partial charge in [-0.3, -0.25) is 0 Å². The number of aliphatic carboxylic acids is 1. The zero-order chi connectivity index (χ0) is 13.0. The predicted molar refractivity (Wildman–Crippen MR) is 70.0 cm³/mol. The summed E-state index contributed by atoms with van der Waals surface area (Å²) in [5.41, 5.74) is 3.31. The first-order valence-corrected chi connectivity index (χ1v) is 6.30. The minimum absolute atomic E-state index is 0.0887. The van der Waals surface area contributed by atoms with E-state index in [1.807, 2.05) is 19.9 Å². The van der Waals surface area contributed by atoms with Crippen molar-refractivity contribution >= 4 is 5.97 Å². The van der Waals surface area contributed by atoms with Crippen molar-refractivity contribution in [3.8, 4) is 0 Å². The number of hydrogen-bond acceptors (Lipinski definition) is 2. The van der Waals surface area contributed by atoms with Crippen LogP contribution in [0.15, 0.2) is 22.8 Å². The van der Waals surface area contributed by atoms with E-state index >= 15 is 0 Å². The minimum Gasteiger partial charge on any atom is -0.478 e. The molecule has 0 aromatic carbocycles. The van der Waals surface area contributed by atoms with Crippen LogP contribution in [0.4, 0.5) is 0 Å². The molecule has 3 nitrogen and oxygen atoms in total. The molecule has 3 heteroatoms. The summed E-state index contributed by atoms with van der Waals surface area (Å²) in [6.07, 6.45) is 3.47. The third kappa shape index (κ3) is 3.43. The average molecular weight is 237 g/mol. The molecule has 0 aromatic rings. The maximum Gasteiger partial charge on any atom is 0.331 e. The molecule has 0 spiro atoms. The molecule has 0 amide bonds. The van der Waals surface area contributed by atoms with Gasteiger partial charge in [0, 0.05) is 18.2 Å². The first-order chi connectivity index (χ1) is 7.97. The molecule has 2 unspecified atom stereocenters.